The molecule has 0 bridgehead atoms. The Kier molecular flexibility index (Phi) is 3.67. The van der Waals surface area contributed by atoms with Crippen molar-refractivity contribution in [2.75, 3.05) is 26.2 Å². The van der Waals surface area contributed by atoms with E-state index in [1.165, 1.54) is 0 Å². The zero-order valence-electron chi connectivity index (χ0n) is 11.4. The van der Waals surface area contributed by atoms with Gasteiger partial charge in [0.15, 0.2) is 0 Å². The summed E-state index contributed by atoms with van der Waals surface area (Å²) in [5.74, 6) is 0.0766. The van der Waals surface area contributed by atoms with Gasteiger partial charge < -0.3 is 16.0 Å². The van der Waals surface area contributed by atoms with E-state index < -0.39 is 0 Å². The predicted molar refractivity (Wildman–Crippen MR) is 80.7 cm³/mol. The molecule has 0 aromatic heterocycles. The molecule has 0 spiro atoms. The van der Waals surface area contributed by atoms with Crippen molar-refractivity contribution in [1.82, 2.24) is 10.2 Å². The normalized spacial score (nSPS) is 19.2. The average Bonchev–Trinajstić information content (AvgIpc) is 2.53. The van der Waals surface area contributed by atoms with Gasteiger partial charge in [0.2, 0.25) is 0 Å². The van der Waals surface area contributed by atoms with Crippen LogP contribution in [0.25, 0.3) is 10.8 Å². The Morgan fingerprint density at radius 1 is 1.25 bits per heavy atom. The van der Waals surface area contributed by atoms with Crippen LogP contribution in [0.2, 0.25) is 0 Å². The maximum Gasteiger partial charge on any atom is 0.254 e. The molecule has 0 radical (unpaired) electrons. The largest absolute Gasteiger partial charge is 0.332 e. The van der Waals surface area contributed by atoms with Crippen LogP contribution >= 0.6 is 0 Å². The summed E-state index contributed by atoms with van der Waals surface area (Å²) in [6.07, 6.45) is 0. The standard InChI is InChI=1S/C16H19N3O/c17-10-15-11-18-7-8-19(15)16(20)14-6-5-12-3-1-2-4-13(12)9-14/h1-6,9,15,18H,7-8,10-11,17H2. The molecule has 1 aliphatic rings. The molecule has 1 unspecified atom stereocenters. The van der Waals surface area contributed by atoms with E-state index in [4.69, 9.17) is 5.73 Å². The summed E-state index contributed by atoms with van der Waals surface area (Å²) in [4.78, 5) is 14.5. The minimum atomic E-state index is 0.0766. The van der Waals surface area contributed by atoms with E-state index in [1.54, 1.807) is 0 Å². The van der Waals surface area contributed by atoms with Crippen molar-refractivity contribution in [1.29, 1.82) is 0 Å². The minimum absolute atomic E-state index is 0.0766. The monoisotopic (exact) mass is 269 g/mol. The molecule has 2 aromatic rings. The molecule has 1 fully saturated rings. The third kappa shape index (κ3) is 2.40. The van der Waals surface area contributed by atoms with Gasteiger partial charge in [-0.2, -0.15) is 0 Å². The van der Waals surface area contributed by atoms with Gasteiger partial charge in [0.05, 0.1) is 6.04 Å². The fourth-order valence-corrected chi connectivity index (χ4v) is 2.73. The lowest BCUT2D eigenvalue weighted by atomic mass is 10.0. The fourth-order valence-electron chi connectivity index (χ4n) is 2.73. The molecule has 0 saturated carbocycles. The van der Waals surface area contributed by atoms with Gasteiger partial charge in [-0.15, -0.1) is 0 Å². The topological polar surface area (TPSA) is 58.4 Å². The lowest BCUT2D eigenvalue weighted by Crippen LogP contribution is -2.56. The van der Waals surface area contributed by atoms with Crippen molar-refractivity contribution in [2.45, 2.75) is 6.04 Å². The van der Waals surface area contributed by atoms with Crippen molar-refractivity contribution in [2.24, 2.45) is 5.73 Å². The maximum absolute atomic E-state index is 12.7. The maximum atomic E-state index is 12.7. The predicted octanol–water partition coefficient (Wildman–Crippen LogP) is 1.21. The average molecular weight is 269 g/mol. The van der Waals surface area contributed by atoms with Crippen LogP contribution in [0.5, 0.6) is 0 Å². The summed E-state index contributed by atoms with van der Waals surface area (Å²) in [5, 5.41) is 5.53. The second-order valence-electron chi connectivity index (χ2n) is 5.15. The van der Waals surface area contributed by atoms with Crippen LogP contribution in [0, 0.1) is 0 Å². The zero-order chi connectivity index (χ0) is 13.9. The third-order valence-electron chi connectivity index (χ3n) is 3.88. The molecule has 2 aromatic carbocycles. The Labute approximate surface area is 118 Å². The Balaban J connectivity index is 1.91. The smallest absolute Gasteiger partial charge is 0.254 e. The third-order valence-corrected chi connectivity index (χ3v) is 3.88. The molecule has 4 heteroatoms. The Morgan fingerprint density at radius 3 is 2.85 bits per heavy atom. The first kappa shape index (κ1) is 13.1. The lowest BCUT2D eigenvalue weighted by molar-refractivity contribution is 0.0645. The fraction of sp³-hybridized carbons (Fsp3) is 0.312. The Bertz CT molecular complexity index is 626. The molecular formula is C16H19N3O. The number of hydrogen-bond acceptors (Lipinski definition) is 3. The number of piperazine rings is 1. The summed E-state index contributed by atoms with van der Waals surface area (Å²) < 4.78 is 0. The first-order valence-electron chi connectivity index (χ1n) is 7.00. The number of nitrogens with two attached hydrogens (primary N) is 1. The number of hydrogen-bond donors (Lipinski definition) is 2. The summed E-state index contributed by atoms with van der Waals surface area (Å²) in [5.41, 5.74) is 6.51. The van der Waals surface area contributed by atoms with Crippen LogP contribution in [0.1, 0.15) is 10.4 Å². The second-order valence-corrected chi connectivity index (χ2v) is 5.15. The van der Waals surface area contributed by atoms with Crippen LogP contribution in [-0.2, 0) is 0 Å². The van der Waals surface area contributed by atoms with Crippen molar-refractivity contribution >= 4 is 16.7 Å². The molecule has 1 saturated heterocycles. The summed E-state index contributed by atoms with van der Waals surface area (Å²) in [6, 6.07) is 14.0. The van der Waals surface area contributed by atoms with Crippen molar-refractivity contribution < 1.29 is 4.79 Å². The number of carbonyl (C=O) groups excluding carboxylic acids is 1. The van der Waals surface area contributed by atoms with E-state index in [9.17, 15) is 4.79 Å². The number of nitrogens with zero attached hydrogens (tertiary/aromatic N) is 1. The van der Waals surface area contributed by atoms with Gasteiger partial charge in [-0.25, -0.2) is 0 Å². The number of rotatable bonds is 2. The number of amides is 1. The zero-order valence-corrected chi connectivity index (χ0v) is 11.4. The summed E-state index contributed by atoms with van der Waals surface area (Å²) in [7, 11) is 0. The van der Waals surface area contributed by atoms with Gasteiger partial charge in [-0.1, -0.05) is 30.3 Å². The Hall–Kier alpha value is -1.91. The molecule has 3 rings (SSSR count). The van der Waals surface area contributed by atoms with E-state index in [1.807, 2.05) is 41.3 Å². The van der Waals surface area contributed by atoms with Gasteiger partial charge >= 0.3 is 0 Å². The van der Waals surface area contributed by atoms with E-state index in [0.717, 1.165) is 29.4 Å². The van der Waals surface area contributed by atoms with Gasteiger partial charge in [-0.3, -0.25) is 4.79 Å². The molecule has 104 valence electrons. The van der Waals surface area contributed by atoms with E-state index >= 15 is 0 Å². The van der Waals surface area contributed by atoms with Crippen molar-refractivity contribution in [3.8, 4) is 0 Å². The molecule has 20 heavy (non-hydrogen) atoms. The molecule has 3 N–H and O–H groups in total. The summed E-state index contributed by atoms with van der Waals surface area (Å²) in [6.45, 7) is 2.81. The van der Waals surface area contributed by atoms with E-state index in [2.05, 4.69) is 11.4 Å². The number of benzene rings is 2. The number of carbonyl (C=O) groups is 1. The lowest BCUT2D eigenvalue weighted by Gasteiger charge is -2.35. The first-order chi connectivity index (χ1) is 9.79. The number of fused-ring (bicyclic) bond motifs is 1. The van der Waals surface area contributed by atoms with Crippen molar-refractivity contribution in [3.63, 3.8) is 0 Å². The van der Waals surface area contributed by atoms with Gasteiger partial charge in [0.1, 0.15) is 0 Å². The van der Waals surface area contributed by atoms with Crippen LogP contribution in [0.15, 0.2) is 42.5 Å². The van der Waals surface area contributed by atoms with Gasteiger partial charge in [0.25, 0.3) is 5.91 Å². The molecule has 1 heterocycles. The molecular weight excluding hydrogens is 250 g/mol. The van der Waals surface area contributed by atoms with Crippen LogP contribution in [0.4, 0.5) is 0 Å². The molecule has 1 amide bonds. The first-order valence-corrected chi connectivity index (χ1v) is 7.00. The quantitative estimate of drug-likeness (QED) is 0.861. The highest BCUT2D eigenvalue weighted by Crippen LogP contribution is 2.18. The highest BCUT2D eigenvalue weighted by molar-refractivity contribution is 5.98. The highest BCUT2D eigenvalue weighted by Gasteiger charge is 2.26. The number of nitrogens with one attached hydrogen (secondary N) is 1. The molecule has 1 atom stereocenters. The van der Waals surface area contributed by atoms with E-state index in [-0.39, 0.29) is 11.9 Å². The van der Waals surface area contributed by atoms with Crippen molar-refractivity contribution in [3.05, 3.63) is 48.0 Å². The molecule has 1 aliphatic heterocycles. The van der Waals surface area contributed by atoms with Gasteiger partial charge in [-0.05, 0) is 22.9 Å². The molecule has 0 aliphatic carbocycles. The van der Waals surface area contributed by atoms with Crippen LogP contribution < -0.4 is 11.1 Å². The molecule has 4 nitrogen and oxygen atoms in total. The Morgan fingerprint density at radius 2 is 2.05 bits per heavy atom. The highest BCUT2D eigenvalue weighted by atomic mass is 16.2. The van der Waals surface area contributed by atoms with Gasteiger partial charge in [0, 0.05) is 31.7 Å². The second kappa shape index (κ2) is 5.61. The van der Waals surface area contributed by atoms with Crippen LogP contribution in [0.3, 0.4) is 0 Å². The minimum Gasteiger partial charge on any atom is -0.332 e. The SMILES string of the molecule is NCC1CNCCN1C(=O)c1ccc2ccccc2c1. The summed E-state index contributed by atoms with van der Waals surface area (Å²) >= 11 is 0. The van der Waals surface area contributed by atoms with Crippen LogP contribution in [-0.4, -0.2) is 43.0 Å². The van der Waals surface area contributed by atoms with E-state index in [0.29, 0.717) is 13.1 Å².